The molecule has 0 saturated carbocycles. The van der Waals surface area contributed by atoms with Crippen molar-refractivity contribution in [1.29, 1.82) is 0 Å². The number of carbonyl (C=O) groups is 1. The van der Waals surface area contributed by atoms with Crippen LogP contribution in [0.4, 0.5) is 10.5 Å². The summed E-state index contributed by atoms with van der Waals surface area (Å²) in [5.74, 6) is 0. The van der Waals surface area contributed by atoms with E-state index < -0.39 is 0 Å². The average molecular weight is 639 g/mol. The zero-order chi connectivity index (χ0) is 32.6. The standard InChI is InChI=1S/C37H50N8O2/c1-4-34-32(35(42-30-12-18-47-19-13-30)33-24-41-45(5-2)36(33)43-34)23-40-37(46)39-22-27-11-10-26(3)31(21-27)29-9-6-8-28(20-29)25-44-16-7-14-38-15-17-44/h6,8-11,20-21,24,30,38H,4-5,7,12-19,22-23,25H2,1-3H3,(H,42,43)(H2,39,40,46). The second-order valence-electron chi connectivity index (χ2n) is 12.8. The van der Waals surface area contributed by atoms with Crippen LogP contribution in [0.3, 0.4) is 0 Å². The van der Waals surface area contributed by atoms with Crippen LogP contribution in [0.1, 0.15) is 61.1 Å². The van der Waals surface area contributed by atoms with E-state index in [-0.39, 0.29) is 6.03 Å². The molecule has 10 heteroatoms. The zero-order valence-electron chi connectivity index (χ0n) is 28.2. The summed E-state index contributed by atoms with van der Waals surface area (Å²) < 4.78 is 7.54. The minimum absolute atomic E-state index is 0.204. The summed E-state index contributed by atoms with van der Waals surface area (Å²) in [6.45, 7) is 14.7. The molecule has 250 valence electrons. The van der Waals surface area contributed by atoms with Crippen LogP contribution < -0.4 is 21.3 Å². The van der Waals surface area contributed by atoms with Gasteiger partial charge in [0.1, 0.15) is 0 Å². The normalized spacial score (nSPS) is 16.2. The van der Waals surface area contributed by atoms with Gasteiger partial charge in [-0.25, -0.2) is 14.5 Å². The predicted octanol–water partition coefficient (Wildman–Crippen LogP) is 5.37. The van der Waals surface area contributed by atoms with Gasteiger partial charge in [0.2, 0.25) is 0 Å². The third kappa shape index (κ3) is 8.12. The first-order chi connectivity index (χ1) is 23.0. The molecule has 10 nitrogen and oxygen atoms in total. The van der Waals surface area contributed by atoms with Crippen LogP contribution in [0, 0.1) is 6.92 Å². The quantitative estimate of drug-likeness (QED) is 0.175. The lowest BCUT2D eigenvalue weighted by atomic mass is 9.96. The van der Waals surface area contributed by atoms with Crippen molar-refractivity contribution in [3.63, 3.8) is 0 Å². The van der Waals surface area contributed by atoms with Crippen LogP contribution >= 0.6 is 0 Å². The van der Waals surface area contributed by atoms with E-state index in [1.165, 1.54) is 28.7 Å². The third-order valence-corrected chi connectivity index (χ3v) is 9.43. The molecular formula is C37H50N8O2. The Labute approximate surface area is 278 Å². The summed E-state index contributed by atoms with van der Waals surface area (Å²) in [6.07, 6.45) is 5.73. The minimum atomic E-state index is -0.204. The molecule has 4 aromatic rings. The molecule has 0 unspecified atom stereocenters. The van der Waals surface area contributed by atoms with E-state index in [0.717, 1.165) is 105 Å². The molecule has 4 heterocycles. The number of nitrogens with zero attached hydrogens (tertiary/aromatic N) is 4. The van der Waals surface area contributed by atoms with Gasteiger partial charge in [-0.15, -0.1) is 0 Å². The summed E-state index contributed by atoms with van der Waals surface area (Å²) in [6, 6.07) is 15.4. The van der Waals surface area contributed by atoms with Gasteiger partial charge in [0.05, 0.1) is 17.3 Å². The van der Waals surface area contributed by atoms with Crippen LogP contribution in [0.2, 0.25) is 0 Å². The monoisotopic (exact) mass is 638 g/mol. The number of anilines is 1. The van der Waals surface area contributed by atoms with Crippen LogP contribution in [0.5, 0.6) is 0 Å². The van der Waals surface area contributed by atoms with Crippen LogP contribution in [0.15, 0.2) is 48.7 Å². The van der Waals surface area contributed by atoms with Gasteiger partial charge in [0.15, 0.2) is 5.65 Å². The first kappa shape index (κ1) is 32.9. The van der Waals surface area contributed by atoms with Gasteiger partial charge < -0.3 is 26.0 Å². The Bertz CT molecular complexity index is 1650. The van der Waals surface area contributed by atoms with Crippen molar-refractivity contribution in [3.8, 4) is 11.1 Å². The van der Waals surface area contributed by atoms with E-state index in [1.807, 2.05) is 10.9 Å². The van der Waals surface area contributed by atoms with Crippen molar-refractivity contribution in [2.24, 2.45) is 0 Å². The molecule has 6 rings (SSSR count). The maximum atomic E-state index is 13.2. The molecule has 2 aliphatic rings. The maximum Gasteiger partial charge on any atom is 0.315 e. The van der Waals surface area contributed by atoms with Gasteiger partial charge >= 0.3 is 6.03 Å². The Morgan fingerprint density at radius 3 is 2.70 bits per heavy atom. The lowest BCUT2D eigenvalue weighted by Gasteiger charge is -2.26. The second-order valence-corrected chi connectivity index (χ2v) is 12.8. The number of amides is 2. The summed E-state index contributed by atoms with van der Waals surface area (Å²) >= 11 is 0. The molecule has 2 aromatic carbocycles. The molecule has 47 heavy (non-hydrogen) atoms. The van der Waals surface area contributed by atoms with E-state index in [2.05, 4.69) is 94.5 Å². The summed E-state index contributed by atoms with van der Waals surface area (Å²) in [5, 5.41) is 19.1. The van der Waals surface area contributed by atoms with Crippen molar-refractivity contribution in [2.75, 3.05) is 44.7 Å². The highest BCUT2D eigenvalue weighted by molar-refractivity contribution is 5.92. The summed E-state index contributed by atoms with van der Waals surface area (Å²) in [5.41, 5.74) is 9.93. The predicted molar refractivity (Wildman–Crippen MR) is 188 cm³/mol. The number of pyridine rings is 1. The van der Waals surface area contributed by atoms with Gasteiger partial charge in [-0.05, 0) is 92.6 Å². The molecule has 0 bridgehead atoms. The molecule has 0 spiro atoms. The van der Waals surface area contributed by atoms with Gasteiger partial charge in [-0.1, -0.05) is 37.3 Å². The Morgan fingerprint density at radius 2 is 1.87 bits per heavy atom. The molecule has 2 amide bonds. The van der Waals surface area contributed by atoms with Gasteiger partial charge in [-0.3, -0.25) is 4.90 Å². The molecule has 2 aromatic heterocycles. The second kappa shape index (κ2) is 15.7. The van der Waals surface area contributed by atoms with Crippen molar-refractivity contribution in [3.05, 3.63) is 76.6 Å². The summed E-state index contributed by atoms with van der Waals surface area (Å²) in [4.78, 5) is 20.7. The Balaban J connectivity index is 1.13. The maximum absolute atomic E-state index is 13.2. The van der Waals surface area contributed by atoms with Gasteiger partial charge in [0, 0.05) is 69.8 Å². The van der Waals surface area contributed by atoms with Crippen molar-refractivity contribution < 1.29 is 9.53 Å². The molecule has 2 saturated heterocycles. The largest absolute Gasteiger partial charge is 0.381 e. The van der Waals surface area contributed by atoms with E-state index in [1.54, 1.807) is 0 Å². The fraction of sp³-hybridized carbons (Fsp3) is 0.486. The molecule has 4 N–H and O–H groups in total. The van der Waals surface area contributed by atoms with Crippen molar-refractivity contribution in [1.82, 2.24) is 35.6 Å². The van der Waals surface area contributed by atoms with Crippen molar-refractivity contribution in [2.45, 2.75) is 78.7 Å². The first-order valence-electron chi connectivity index (χ1n) is 17.4. The molecule has 2 fully saturated rings. The first-order valence-corrected chi connectivity index (χ1v) is 17.4. The summed E-state index contributed by atoms with van der Waals surface area (Å²) in [7, 11) is 0. The fourth-order valence-electron chi connectivity index (χ4n) is 6.76. The topological polar surface area (TPSA) is 108 Å². The molecule has 0 atom stereocenters. The third-order valence-electron chi connectivity index (χ3n) is 9.43. The van der Waals surface area contributed by atoms with Gasteiger partial charge in [0.25, 0.3) is 0 Å². The molecule has 2 aliphatic heterocycles. The highest BCUT2D eigenvalue weighted by Crippen LogP contribution is 2.31. The number of benzene rings is 2. The van der Waals surface area contributed by atoms with Crippen LogP contribution in [-0.2, 0) is 37.3 Å². The van der Waals surface area contributed by atoms with E-state index in [0.29, 0.717) is 19.1 Å². The number of nitrogens with one attached hydrogen (secondary N) is 4. The van der Waals surface area contributed by atoms with E-state index in [4.69, 9.17) is 9.72 Å². The molecule has 0 radical (unpaired) electrons. The number of ether oxygens (including phenoxy) is 1. The van der Waals surface area contributed by atoms with E-state index >= 15 is 0 Å². The number of aromatic nitrogens is 3. The number of carbonyl (C=O) groups excluding carboxylic acids is 1. The SMILES string of the molecule is CCc1nc2c(cnn2CC)c(NC2CCOCC2)c1CNC(=O)NCc1ccc(C)c(-c2cccc(CN3CCCNCC3)c2)c1. The lowest BCUT2D eigenvalue weighted by molar-refractivity contribution is 0.0904. The number of fused-ring (bicyclic) bond motifs is 1. The Hall–Kier alpha value is -3.99. The number of aryl methyl sites for hydroxylation is 3. The van der Waals surface area contributed by atoms with Crippen molar-refractivity contribution >= 4 is 22.8 Å². The van der Waals surface area contributed by atoms with Crippen LogP contribution in [0.25, 0.3) is 22.2 Å². The Kier molecular flexibility index (Phi) is 11.0. The Morgan fingerprint density at radius 1 is 1.02 bits per heavy atom. The number of hydrogen-bond donors (Lipinski definition) is 4. The minimum Gasteiger partial charge on any atom is -0.381 e. The van der Waals surface area contributed by atoms with Crippen LogP contribution in [-0.4, -0.2) is 71.1 Å². The highest BCUT2D eigenvalue weighted by Gasteiger charge is 2.22. The smallest absolute Gasteiger partial charge is 0.315 e. The number of rotatable bonds is 11. The van der Waals surface area contributed by atoms with E-state index in [9.17, 15) is 4.79 Å². The number of hydrogen-bond acceptors (Lipinski definition) is 7. The molecular weight excluding hydrogens is 588 g/mol. The van der Waals surface area contributed by atoms with Gasteiger partial charge in [-0.2, -0.15) is 5.10 Å². The average Bonchev–Trinajstić information content (AvgIpc) is 3.34. The molecule has 0 aliphatic carbocycles. The number of urea groups is 1. The fourth-order valence-corrected chi connectivity index (χ4v) is 6.76. The highest BCUT2D eigenvalue weighted by atomic mass is 16.5. The lowest BCUT2D eigenvalue weighted by Crippen LogP contribution is -2.35. The zero-order valence-corrected chi connectivity index (χ0v) is 28.2.